The molecule has 1 aromatic rings. The normalized spacial score (nSPS) is 14.2. The molecule has 1 aromatic heterocycles. The van der Waals surface area contributed by atoms with Crippen LogP contribution < -0.4 is 5.73 Å². The van der Waals surface area contributed by atoms with Crippen molar-refractivity contribution >= 4 is 11.3 Å². The third kappa shape index (κ3) is 3.87. The second-order valence-electron chi connectivity index (χ2n) is 5.10. The maximum Gasteiger partial charge on any atom is 0.118 e. The Bertz CT molecular complexity index is 301. The van der Waals surface area contributed by atoms with Gasteiger partial charge in [-0.1, -0.05) is 27.7 Å². The largest absolute Gasteiger partial charge is 0.330 e. The van der Waals surface area contributed by atoms with E-state index in [1.165, 1.54) is 0 Å². The zero-order chi connectivity index (χ0) is 11.5. The molecule has 0 radical (unpaired) electrons. The summed E-state index contributed by atoms with van der Waals surface area (Å²) in [5.74, 6) is 0.621. The lowest BCUT2D eigenvalue weighted by Crippen LogP contribution is -2.19. The second kappa shape index (κ2) is 5.03. The van der Waals surface area contributed by atoms with Crippen molar-refractivity contribution in [2.24, 2.45) is 17.1 Å². The van der Waals surface area contributed by atoms with E-state index in [0.717, 1.165) is 22.9 Å². The van der Waals surface area contributed by atoms with Gasteiger partial charge in [-0.25, -0.2) is 0 Å². The van der Waals surface area contributed by atoms with Crippen LogP contribution in [-0.2, 0) is 12.8 Å². The highest BCUT2D eigenvalue weighted by molar-refractivity contribution is 7.11. The summed E-state index contributed by atoms with van der Waals surface area (Å²) in [6, 6.07) is 0. The third-order valence-electron chi connectivity index (χ3n) is 2.83. The third-order valence-corrected chi connectivity index (χ3v) is 3.83. The van der Waals surface area contributed by atoms with Crippen LogP contribution in [0.5, 0.6) is 0 Å². The number of nitrogens with zero attached hydrogens (tertiary/aromatic N) is 2. The maximum atomic E-state index is 5.48. The summed E-state index contributed by atoms with van der Waals surface area (Å²) in [6.45, 7) is 9.71. The van der Waals surface area contributed by atoms with E-state index in [-0.39, 0.29) is 0 Å². The van der Waals surface area contributed by atoms with Crippen LogP contribution in [0.3, 0.4) is 0 Å². The molecule has 0 amide bonds. The van der Waals surface area contributed by atoms with Gasteiger partial charge in [0, 0.05) is 12.8 Å². The van der Waals surface area contributed by atoms with E-state index in [4.69, 9.17) is 5.73 Å². The lowest BCUT2D eigenvalue weighted by Gasteiger charge is -2.26. The van der Waals surface area contributed by atoms with E-state index in [2.05, 4.69) is 37.9 Å². The van der Waals surface area contributed by atoms with Crippen LogP contribution in [0.15, 0.2) is 0 Å². The van der Waals surface area contributed by atoms with Crippen molar-refractivity contribution in [3.05, 3.63) is 10.0 Å². The Morgan fingerprint density at radius 2 is 1.87 bits per heavy atom. The fourth-order valence-electron chi connectivity index (χ4n) is 1.16. The van der Waals surface area contributed by atoms with Gasteiger partial charge in [-0.15, -0.1) is 21.5 Å². The molecule has 3 nitrogen and oxygen atoms in total. The molecule has 1 atom stereocenters. The smallest absolute Gasteiger partial charge is 0.118 e. The first-order valence-electron chi connectivity index (χ1n) is 5.45. The Balaban J connectivity index is 2.57. The van der Waals surface area contributed by atoms with Crippen molar-refractivity contribution in [3.8, 4) is 0 Å². The first-order chi connectivity index (χ1) is 6.93. The van der Waals surface area contributed by atoms with Crippen LogP contribution in [0.2, 0.25) is 0 Å². The average Bonchev–Trinajstić information content (AvgIpc) is 2.51. The molecule has 0 aliphatic rings. The van der Waals surface area contributed by atoms with Crippen LogP contribution in [-0.4, -0.2) is 16.7 Å². The van der Waals surface area contributed by atoms with E-state index in [1.807, 2.05) is 0 Å². The van der Waals surface area contributed by atoms with Gasteiger partial charge in [-0.3, -0.25) is 0 Å². The monoisotopic (exact) mass is 227 g/mol. The van der Waals surface area contributed by atoms with Crippen molar-refractivity contribution in [1.82, 2.24) is 10.2 Å². The molecule has 0 bridgehead atoms. The fourth-order valence-corrected chi connectivity index (χ4v) is 2.15. The van der Waals surface area contributed by atoms with E-state index >= 15 is 0 Å². The molecule has 0 aromatic carbocycles. The van der Waals surface area contributed by atoms with Gasteiger partial charge in [0.2, 0.25) is 0 Å². The van der Waals surface area contributed by atoms with Crippen molar-refractivity contribution in [3.63, 3.8) is 0 Å². The standard InChI is InChI=1S/C11H21N3S/c1-8(11(2,3)4)7-10-14-13-9(15-10)5-6-12/h8H,5-7,12H2,1-4H3. The quantitative estimate of drug-likeness (QED) is 0.858. The van der Waals surface area contributed by atoms with Crippen LogP contribution in [0, 0.1) is 11.3 Å². The summed E-state index contributed by atoms with van der Waals surface area (Å²) in [6.07, 6.45) is 1.87. The minimum Gasteiger partial charge on any atom is -0.330 e. The molecule has 0 saturated carbocycles. The topological polar surface area (TPSA) is 51.8 Å². The molecule has 0 fully saturated rings. The van der Waals surface area contributed by atoms with Gasteiger partial charge in [0.15, 0.2) is 0 Å². The van der Waals surface area contributed by atoms with Gasteiger partial charge in [0.1, 0.15) is 10.0 Å². The van der Waals surface area contributed by atoms with Crippen LogP contribution >= 0.6 is 11.3 Å². The van der Waals surface area contributed by atoms with Gasteiger partial charge in [-0.05, 0) is 17.9 Å². The summed E-state index contributed by atoms with van der Waals surface area (Å²) in [5, 5.41) is 10.5. The average molecular weight is 227 g/mol. The minimum atomic E-state index is 0.333. The van der Waals surface area contributed by atoms with Crippen LogP contribution in [0.25, 0.3) is 0 Å². The van der Waals surface area contributed by atoms with Gasteiger partial charge >= 0.3 is 0 Å². The SMILES string of the molecule is CC(Cc1nnc(CCN)s1)C(C)(C)C. The summed E-state index contributed by atoms with van der Waals surface area (Å²) >= 11 is 1.70. The lowest BCUT2D eigenvalue weighted by molar-refractivity contribution is 0.259. The predicted molar refractivity (Wildman–Crippen MR) is 65.0 cm³/mol. The molecule has 0 saturated heterocycles. The van der Waals surface area contributed by atoms with Gasteiger partial charge in [0.05, 0.1) is 0 Å². The summed E-state index contributed by atoms with van der Waals surface area (Å²) in [4.78, 5) is 0. The molecule has 86 valence electrons. The Kier molecular flexibility index (Phi) is 4.22. The molecular weight excluding hydrogens is 206 g/mol. The molecule has 2 N–H and O–H groups in total. The lowest BCUT2D eigenvalue weighted by atomic mass is 9.80. The van der Waals surface area contributed by atoms with Gasteiger partial charge < -0.3 is 5.73 Å². The number of hydrogen-bond acceptors (Lipinski definition) is 4. The van der Waals surface area contributed by atoms with E-state index < -0.39 is 0 Å². The molecular formula is C11H21N3S. The highest BCUT2D eigenvalue weighted by Crippen LogP contribution is 2.29. The first-order valence-corrected chi connectivity index (χ1v) is 6.26. The minimum absolute atomic E-state index is 0.333. The number of aromatic nitrogens is 2. The summed E-state index contributed by atoms with van der Waals surface area (Å²) in [7, 11) is 0. The van der Waals surface area contributed by atoms with Crippen LogP contribution in [0.1, 0.15) is 37.7 Å². The highest BCUT2D eigenvalue weighted by atomic mass is 32.1. The molecule has 4 heteroatoms. The molecule has 1 rings (SSSR count). The summed E-state index contributed by atoms with van der Waals surface area (Å²) < 4.78 is 0. The molecule has 1 heterocycles. The van der Waals surface area contributed by atoms with Gasteiger partial charge in [0.25, 0.3) is 0 Å². The maximum absolute atomic E-state index is 5.48. The Labute approximate surface area is 96.1 Å². The zero-order valence-electron chi connectivity index (χ0n) is 10.1. The first kappa shape index (κ1) is 12.6. The Morgan fingerprint density at radius 3 is 2.40 bits per heavy atom. The van der Waals surface area contributed by atoms with Crippen molar-refractivity contribution < 1.29 is 0 Å². The molecule has 15 heavy (non-hydrogen) atoms. The summed E-state index contributed by atoms with van der Waals surface area (Å²) in [5.41, 5.74) is 5.81. The van der Waals surface area contributed by atoms with Crippen LogP contribution in [0.4, 0.5) is 0 Å². The van der Waals surface area contributed by atoms with Crippen molar-refractivity contribution in [1.29, 1.82) is 0 Å². The van der Waals surface area contributed by atoms with E-state index in [9.17, 15) is 0 Å². The second-order valence-corrected chi connectivity index (χ2v) is 6.25. The van der Waals surface area contributed by atoms with Gasteiger partial charge in [-0.2, -0.15) is 0 Å². The van der Waals surface area contributed by atoms with Crippen molar-refractivity contribution in [2.75, 3.05) is 6.54 Å². The molecule has 0 aliphatic heterocycles. The Morgan fingerprint density at radius 1 is 1.27 bits per heavy atom. The van der Waals surface area contributed by atoms with E-state index in [1.54, 1.807) is 11.3 Å². The zero-order valence-corrected chi connectivity index (χ0v) is 10.9. The van der Waals surface area contributed by atoms with E-state index in [0.29, 0.717) is 17.9 Å². The number of hydrogen-bond donors (Lipinski definition) is 1. The number of rotatable bonds is 4. The fraction of sp³-hybridized carbons (Fsp3) is 0.818. The number of nitrogens with two attached hydrogens (primary N) is 1. The molecule has 0 spiro atoms. The van der Waals surface area contributed by atoms with Crippen molar-refractivity contribution in [2.45, 2.75) is 40.5 Å². The molecule has 1 unspecified atom stereocenters. The molecule has 0 aliphatic carbocycles. The highest BCUT2D eigenvalue weighted by Gasteiger charge is 2.21. The Hall–Kier alpha value is -0.480. The predicted octanol–water partition coefficient (Wildman–Crippen LogP) is 2.26.